The van der Waals surface area contributed by atoms with Crippen LogP contribution >= 0.6 is 0 Å². The third-order valence-electron chi connectivity index (χ3n) is 5.97. The smallest absolute Gasteiger partial charge is 0.268 e. The molecular weight excluding hydrogens is 524 g/mol. The van der Waals surface area contributed by atoms with E-state index in [0.717, 1.165) is 30.7 Å². The molecule has 4 aromatic rings. The molecule has 13 heteroatoms. The van der Waals surface area contributed by atoms with Crippen LogP contribution in [0.5, 0.6) is 17.4 Å². The van der Waals surface area contributed by atoms with Crippen molar-refractivity contribution in [3.63, 3.8) is 0 Å². The monoisotopic (exact) mass is 548 g/mol. The quantitative estimate of drug-likeness (QED) is 0.318. The molecule has 1 aliphatic heterocycles. The third-order valence-corrected chi connectivity index (χ3v) is 7.27. The predicted molar refractivity (Wildman–Crippen MR) is 139 cm³/mol. The molecule has 39 heavy (non-hydrogen) atoms. The molecule has 1 aliphatic rings. The van der Waals surface area contributed by atoms with Gasteiger partial charge in [-0.05, 0) is 30.3 Å². The van der Waals surface area contributed by atoms with Gasteiger partial charge in [-0.1, -0.05) is 12.1 Å². The highest BCUT2D eigenvalue weighted by molar-refractivity contribution is 7.90. The number of aromatic nitrogens is 3. The summed E-state index contributed by atoms with van der Waals surface area (Å²) < 4.78 is 44.8. The van der Waals surface area contributed by atoms with E-state index in [1.807, 2.05) is 16.9 Å². The molecule has 5 rings (SSSR count). The van der Waals surface area contributed by atoms with Gasteiger partial charge in [0.15, 0.2) is 0 Å². The van der Waals surface area contributed by atoms with Gasteiger partial charge in [0.25, 0.3) is 15.9 Å². The number of benzene rings is 1. The second kappa shape index (κ2) is 11.5. The Morgan fingerprint density at radius 3 is 2.79 bits per heavy atom. The number of pyridine rings is 2. The Labute approximate surface area is 224 Å². The van der Waals surface area contributed by atoms with E-state index < -0.39 is 15.9 Å². The van der Waals surface area contributed by atoms with Crippen LogP contribution in [0.2, 0.25) is 0 Å². The molecule has 1 fully saturated rings. The van der Waals surface area contributed by atoms with Gasteiger partial charge in [-0.25, -0.2) is 23.1 Å². The normalized spacial score (nSPS) is 14.0. The minimum Gasteiger partial charge on any atom is -0.475 e. The van der Waals surface area contributed by atoms with Crippen molar-refractivity contribution in [2.75, 3.05) is 39.5 Å². The predicted octanol–water partition coefficient (Wildman–Crippen LogP) is 2.45. The van der Waals surface area contributed by atoms with Crippen molar-refractivity contribution in [2.45, 2.75) is 4.90 Å². The number of carbonyl (C=O) groups is 1. The SMILES string of the molecule is N#Cc1cc(S(=O)(=O)NC(=O)c2ccccc2Oc2cnc3[nH]ccc3c2)cnc1OCCN1CCOCC1. The maximum atomic E-state index is 13.0. The first-order chi connectivity index (χ1) is 18.9. The molecular formula is C26H24N6O6S. The minimum atomic E-state index is -4.37. The number of aromatic amines is 1. The number of para-hydroxylation sites is 1. The number of nitriles is 1. The summed E-state index contributed by atoms with van der Waals surface area (Å²) in [4.78, 5) is 26.1. The fourth-order valence-corrected chi connectivity index (χ4v) is 4.89. The van der Waals surface area contributed by atoms with Gasteiger partial charge in [-0.15, -0.1) is 0 Å². The summed E-state index contributed by atoms with van der Waals surface area (Å²) in [5, 5.41) is 10.4. The zero-order valence-corrected chi connectivity index (χ0v) is 21.5. The number of hydrogen-bond donors (Lipinski definition) is 2. The Morgan fingerprint density at radius 1 is 1.15 bits per heavy atom. The number of carbonyl (C=O) groups excluding carboxylic acids is 1. The van der Waals surface area contributed by atoms with Crippen LogP contribution < -0.4 is 14.2 Å². The summed E-state index contributed by atoms with van der Waals surface area (Å²) in [6, 6.07) is 12.8. The van der Waals surface area contributed by atoms with Crippen LogP contribution in [0.1, 0.15) is 15.9 Å². The van der Waals surface area contributed by atoms with Crippen molar-refractivity contribution in [2.24, 2.45) is 0 Å². The number of ether oxygens (including phenoxy) is 3. The maximum Gasteiger partial charge on any atom is 0.268 e. The van der Waals surface area contributed by atoms with E-state index in [4.69, 9.17) is 14.2 Å². The van der Waals surface area contributed by atoms with Crippen molar-refractivity contribution < 1.29 is 27.4 Å². The summed E-state index contributed by atoms with van der Waals surface area (Å²) in [5.41, 5.74) is 0.605. The van der Waals surface area contributed by atoms with Gasteiger partial charge in [0, 0.05) is 31.2 Å². The standard InChI is InChI=1S/C26H24N6O6S/c27-15-19-14-21(17-30-26(19)37-12-9-32-7-10-36-11-8-32)39(34,35)31-25(33)22-3-1-2-4-23(22)38-20-13-18-5-6-28-24(18)29-16-20/h1-6,13-14,16-17H,7-12H2,(H,28,29)(H,31,33). The van der Waals surface area contributed by atoms with Crippen molar-refractivity contribution in [1.82, 2.24) is 24.6 Å². The number of hydrogen-bond acceptors (Lipinski definition) is 10. The van der Waals surface area contributed by atoms with Gasteiger partial charge in [-0.2, -0.15) is 5.26 Å². The van der Waals surface area contributed by atoms with Crippen LogP contribution in [-0.2, 0) is 14.8 Å². The first-order valence-corrected chi connectivity index (χ1v) is 13.5. The highest BCUT2D eigenvalue weighted by Crippen LogP contribution is 2.27. The van der Waals surface area contributed by atoms with Gasteiger partial charge in [0.05, 0.1) is 31.2 Å². The van der Waals surface area contributed by atoms with Gasteiger partial charge >= 0.3 is 0 Å². The molecule has 0 atom stereocenters. The minimum absolute atomic E-state index is 0.00762. The van der Waals surface area contributed by atoms with Crippen LogP contribution in [0.3, 0.4) is 0 Å². The molecule has 3 aromatic heterocycles. The highest BCUT2D eigenvalue weighted by Gasteiger charge is 2.23. The largest absolute Gasteiger partial charge is 0.475 e. The van der Waals surface area contributed by atoms with Crippen LogP contribution in [0.4, 0.5) is 0 Å². The Hall–Kier alpha value is -4.51. The Kier molecular flexibility index (Phi) is 7.69. The Balaban J connectivity index is 1.28. The van der Waals surface area contributed by atoms with Gasteiger partial charge in [0.2, 0.25) is 5.88 Å². The van der Waals surface area contributed by atoms with E-state index in [0.29, 0.717) is 31.2 Å². The van der Waals surface area contributed by atoms with Crippen molar-refractivity contribution in [3.8, 4) is 23.4 Å². The number of sulfonamides is 1. The number of rotatable bonds is 9. The van der Waals surface area contributed by atoms with Crippen molar-refractivity contribution >= 4 is 27.0 Å². The van der Waals surface area contributed by atoms with E-state index in [9.17, 15) is 18.5 Å². The molecule has 12 nitrogen and oxygen atoms in total. The number of nitrogens with zero attached hydrogens (tertiary/aromatic N) is 4. The fourth-order valence-electron chi connectivity index (χ4n) is 3.95. The zero-order chi connectivity index (χ0) is 27.2. The Bertz CT molecular complexity index is 1640. The third kappa shape index (κ3) is 6.15. The fraction of sp³-hybridized carbons (Fsp3) is 0.231. The van der Waals surface area contributed by atoms with E-state index >= 15 is 0 Å². The lowest BCUT2D eigenvalue weighted by Gasteiger charge is -2.26. The van der Waals surface area contributed by atoms with Crippen molar-refractivity contribution in [3.05, 3.63) is 72.2 Å². The molecule has 0 aliphatic carbocycles. The highest BCUT2D eigenvalue weighted by atomic mass is 32.2. The summed E-state index contributed by atoms with van der Waals surface area (Å²) in [7, 11) is -4.37. The average molecular weight is 549 g/mol. The summed E-state index contributed by atoms with van der Waals surface area (Å²) in [5.74, 6) is -0.382. The first kappa shape index (κ1) is 26.1. The second-order valence-electron chi connectivity index (χ2n) is 8.56. The van der Waals surface area contributed by atoms with E-state index in [2.05, 4.69) is 19.9 Å². The van der Waals surface area contributed by atoms with Gasteiger partial charge in [-0.3, -0.25) is 9.69 Å². The molecule has 2 N–H and O–H groups in total. The van der Waals surface area contributed by atoms with E-state index in [1.165, 1.54) is 12.3 Å². The van der Waals surface area contributed by atoms with Crippen LogP contribution in [0, 0.1) is 11.3 Å². The van der Waals surface area contributed by atoms with Crippen LogP contribution in [-0.4, -0.2) is 73.6 Å². The number of amides is 1. The first-order valence-electron chi connectivity index (χ1n) is 12.0. The zero-order valence-electron chi connectivity index (χ0n) is 20.7. The Morgan fingerprint density at radius 2 is 1.97 bits per heavy atom. The second-order valence-corrected chi connectivity index (χ2v) is 10.2. The van der Waals surface area contributed by atoms with Gasteiger partial charge in [0.1, 0.15) is 40.3 Å². The topological polar surface area (TPSA) is 160 Å². The summed E-state index contributed by atoms with van der Waals surface area (Å²) in [6.45, 7) is 3.75. The van der Waals surface area contributed by atoms with E-state index in [1.54, 1.807) is 30.5 Å². The molecule has 0 unspecified atom stereocenters. The van der Waals surface area contributed by atoms with Crippen LogP contribution in [0.15, 0.2) is 66.0 Å². The molecule has 1 amide bonds. The number of nitrogens with one attached hydrogen (secondary N) is 2. The number of fused-ring (bicyclic) bond motifs is 1. The lowest BCUT2D eigenvalue weighted by molar-refractivity contribution is 0.0320. The molecule has 0 saturated carbocycles. The van der Waals surface area contributed by atoms with Gasteiger partial charge < -0.3 is 19.2 Å². The molecule has 1 saturated heterocycles. The molecule has 0 radical (unpaired) electrons. The summed E-state index contributed by atoms with van der Waals surface area (Å²) >= 11 is 0. The molecule has 0 bridgehead atoms. The molecule has 0 spiro atoms. The molecule has 200 valence electrons. The number of morpholine rings is 1. The van der Waals surface area contributed by atoms with E-state index in [-0.39, 0.29) is 34.3 Å². The molecule has 4 heterocycles. The lowest BCUT2D eigenvalue weighted by Crippen LogP contribution is -2.38. The molecule has 1 aromatic carbocycles. The maximum absolute atomic E-state index is 13.0. The van der Waals surface area contributed by atoms with Crippen molar-refractivity contribution in [1.29, 1.82) is 5.26 Å². The summed E-state index contributed by atoms with van der Waals surface area (Å²) in [6.07, 6.45) is 4.27. The van der Waals surface area contributed by atoms with Crippen LogP contribution in [0.25, 0.3) is 11.0 Å². The number of H-pyrrole nitrogens is 1. The lowest BCUT2D eigenvalue weighted by atomic mass is 10.2. The average Bonchev–Trinajstić information content (AvgIpc) is 3.42.